The quantitative estimate of drug-likeness (QED) is 0.237. The number of halogens is 1. The van der Waals surface area contributed by atoms with Crippen LogP contribution in [0.25, 0.3) is 11.0 Å². The Morgan fingerprint density at radius 2 is 1.79 bits per heavy atom. The van der Waals surface area contributed by atoms with Crippen molar-refractivity contribution in [2.75, 3.05) is 39.9 Å². The smallest absolute Gasteiger partial charge is 0.290 e. The topological polar surface area (TPSA) is 72.2 Å². The van der Waals surface area contributed by atoms with Crippen LogP contribution >= 0.6 is 11.6 Å². The molecule has 38 heavy (non-hydrogen) atoms. The summed E-state index contributed by atoms with van der Waals surface area (Å²) in [7, 11) is 1.60. The zero-order chi connectivity index (χ0) is 27.2. The molecule has 0 bridgehead atoms. The molecule has 204 valence electrons. The first-order chi connectivity index (χ1) is 18.4. The van der Waals surface area contributed by atoms with Crippen molar-refractivity contribution in [1.29, 1.82) is 0 Å². The Kier molecular flexibility index (Phi) is 9.34. The van der Waals surface area contributed by atoms with Gasteiger partial charge < -0.3 is 23.7 Å². The summed E-state index contributed by atoms with van der Waals surface area (Å²) in [6.07, 6.45) is 4.44. The van der Waals surface area contributed by atoms with E-state index >= 15 is 0 Å². The van der Waals surface area contributed by atoms with Crippen molar-refractivity contribution < 1.29 is 18.7 Å². The van der Waals surface area contributed by atoms with Crippen molar-refractivity contribution in [3.63, 3.8) is 0 Å². The fourth-order valence-corrected chi connectivity index (χ4v) is 5.22. The van der Waals surface area contributed by atoms with E-state index in [0.29, 0.717) is 52.8 Å². The first-order valence-electron chi connectivity index (χ1n) is 13.5. The van der Waals surface area contributed by atoms with Gasteiger partial charge in [0.05, 0.1) is 30.7 Å². The second-order valence-corrected chi connectivity index (χ2v) is 10.00. The molecule has 2 heterocycles. The molecule has 3 aromatic rings. The van der Waals surface area contributed by atoms with E-state index in [-0.39, 0.29) is 17.1 Å². The maximum absolute atomic E-state index is 13.8. The highest BCUT2D eigenvalue weighted by Crippen LogP contribution is 2.41. The third kappa shape index (κ3) is 5.69. The second-order valence-electron chi connectivity index (χ2n) is 9.56. The second kappa shape index (κ2) is 12.7. The summed E-state index contributed by atoms with van der Waals surface area (Å²) in [6, 6.07) is 9.90. The van der Waals surface area contributed by atoms with Crippen molar-refractivity contribution in [3.05, 3.63) is 68.5 Å². The van der Waals surface area contributed by atoms with Gasteiger partial charge in [-0.1, -0.05) is 57.7 Å². The van der Waals surface area contributed by atoms with Crippen molar-refractivity contribution in [2.45, 2.75) is 52.5 Å². The molecule has 0 aliphatic carbocycles. The van der Waals surface area contributed by atoms with Gasteiger partial charge in [-0.25, -0.2) is 0 Å². The number of hydrogen-bond donors (Lipinski definition) is 0. The van der Waals surface area contributed by atoms with E-state index in [0.717, 1.165) is 31.5 Å². The summed E-state index contributed by atoms with van der Waals surface area (Å²) < 4.78 is 17.7. The molecular weight excluding hydrogens is 504 g/mol. The van der Waals surface area contributed by atoms with Gasteiger partial charge in [-0.15, -0.1) is 0 Å². The van der Waals surface area contributed by atoms with Gasteiger partial charge in [-0.3, -0.25) is 9.59 Å². The molecule has 8 heteroatoms. The number of ether oxygens (including phenoxy) is 2. The molecule has 0 saturated carbocycles. The highest BCUT2D eigenvalue weighted by molar-refractivity contribution is 6.31. The van der Waals surface area contributed by atoms with Crippen LogP contribution in [0, 0.1) is 0 Å². The van der Waals surface area contributed by atoms with Crippen LogP contribution in [-0.2, 0) is 0 Å². The standard InChI is InChI=1S/C30H37ClN2O5/c1-5-8-9-10-17-37-24-13-11-20(18-25(24)36-4)27-26-28(34)22-19-21(31)12-14-23(22)38-29(26)30(35)33(27)16-15-32(6-2)7-3/h11-14,18-19,27H,5-10,15-17H2,1-4H3. The molecule has 0 spiro atoms. The number of nitrogens with zero attached hydrogens (tertiary/aromatic N) is 2. The van der Waals surface area contributed by atoms with Crippen LogP contribution in [0.4, 0.5) is 0 Å². The summed E-state index contributed by atoms with van der Waals surface area (Å²) in [5.74, 6) is 1.01. The van der Waals surface area contributed by atoms with Crippen molar-refractivity contribution in [1.82, 2.24) is 9.80 Å². The van der Waals surface area contributed by atoms with Gasteiger partial charge in [0.1, 0.15) is 5.58 Å². The van der Waals surface area contributed by atoms with Crippen LogP contribution in [0.1, 0.15) is 74.2 Å². The molecular formula is C30H37ClN2O5. The van der Waals surface area contributed by atoms with Gasteiger partial charge in [0.25, 0.3) is 5.91 Å². The molecule has 1 aliphatic heterocycles. The van der Waals surface area contributed by atoms with E-state index in [4.69, 9.17) is 25.5 Å². The number of amides is 1. The van der Waals surface area contributed by atoms with Crippen LogP contribution in [0.15, 0.2) is 45.6 Å². The number of likely N-dealkylation sites (N-methyl/N-ethyl adjacent to an activating group) is 1. The lowest BCUT2D eigenvalue weighted by Gasteiger charge is -2.28. The number of benzene rings is 2. The Bertz CT molecular complexity index is 1330. The largest absolute Gasteiger partial charge is 0.493 e. The van der Waals surface area contributed by atoms with E-state index < -0.39 is 6.04 Å². The molecule has 7 nitrogen and oxygen atoms in total. The van der Waals surface area contributed by atoms with Crippen molar-refractivity contribution >= 4 is 28.5 Å². The summed E-state index contributed by atoms with van der Waals surface area (Å²) in [6.45, 7) is 9.83. The van der Waals surface area contributed by atoms with Gasteiger partial charge >= 0.3 is 0 Å². The third-order valence-electron chi connectivity index (χ3n) is 7.24. The van der Waals surface area contributed by atoms with Crippen LogP contribution < -0.4 is 14.9 Å². The van der Waals surface area contributed by atoms with Gasteiger partial charge in [0.2, 0.25) is 5.76 Å². The van der Waals surface area contributed by atoms with E-state index in [2.05, 4.69) is 25.7 Å². The average Bonchev–Trinajstić information content (AvgIpc) is 3.21. The predicted molar refractivity (Wildman–Crippen MR) is 151 cm³/mol. The Hall–Kier alpha value is -3.03. The van der Waals surface area contributed by atoms with Crippen LogP contribution in [0.3, 0.4) is 0 Å². The lowest BCUT2D eigenvalue weighted by Crippen LogP contribution is -2.37. The Morgan fingerprint density at radius 1 is 1.00 bits per heavy atom. The van der Waals surface area contributed by atoms with Crippen molar-refractivity contribution in [3.8, 4) is 11.5 Å². The Labute approximate surface area is 229 Å². The molecule has 1 atom stereocenters. The number of carbonyl (C=O) groups excluding carboxylic acids is 1. The summed E-state index contributed by atoms with van der Waals surface area (Å²) >= 11 is 6.20. The van der Waals surface area contributed by atoms with Crippen LogP contribution in [0.5, 0.6) is 11.5 Å². The molecule has 1 unspecified atom stereocenters. The minimum atomic E-state index is -0.611. The minimum absolute atomic E-state index is 0.0876. The first kappa shape index (κ1) is 28.0. The molecule has 0 radical (unpaired) electrons. The summed E-state index contributed by atoms with van der Waals surface area (Å²) in [5.41, 5.74) is 1.20. The number of hydrogen-bond acceptors (Lipinski definition) is 6. The van der Waals surface area contributed by atoms with E-state index in [1.807, 2.05) is 18.2 Å². The number of unbranched alkanes of at least 4 members (excludes halogenated alkanes) is 3. The SMILES string of the molecule is CCCCCCOc1ccc(C2c3c(oc4ccc(Cl)cc4c3=O)C(=O)N2CCN(CC)CC)cc1OC. The van der Waals surface area contributed by atoms with Crippen LogP contribution in [-0.4, -0.2) is 55.6 Å². The highest BCUT2D eigenvalue weighted by atomic mass is 35.5. The lowest BCUT2D eigenvalue weighted by atomic mass is 9.98. The molecule has 4 rings (SSSR count). The molecule has 1 amide bonds. The van der Waals surface area contributed by atoms with E-state index in [1.165, 1.54) is 12.8 Å². The minimum Gasteiger partial charge on any atom is -0.493 e. The van der Waals surface area contributed by atoms with E-state index in [9.17, 15) is 9.59 Å². The summed E-state index contributed by atoms with van der Waals surface area (Å²) in [4.78, 5) is 31.4. The predicted octanol–water partition coefficient (Wildman–Crippen LogP) is 6.30. The molecule has 0 saturated heterocycles. The summed E-state index contributed by atoms with van der Waals surface area (Å²) in [5, 5.41) is 0.796. The monoisotopic (exact) mass is 540 g/mol. The number of fused-ring (bicyclic) bond motifs is 2. The normalized spacial score (nSPS) is 14.9. The van der Waals surface area contributed by atoms with E-state index in [1.54, 1.807) is 30.2 Å². The number of rotatable bonds is 13. The molecule has 0 fully saturated rings. The first-order valence-corrected chi connectivity index (χ1v) is 13.9. The fraction of sp³-hybridized carbons (Fsp3) is 0.467. The van der Waals surface area contributed by atoms with Gasteiger partial charge in [-0.2, -0.15) is 0 Å². The van der Waals surface area contributed by atoms with Gasteiger partial charge in [-0.05, 0) is 55.4 Å². The fourth-order valence-electron chi connectivity index (χ4n) is 5.04. The van der Waals surface area contributed by atoms with Crippen molar-refractivity contribution in [2.24, 2.45) is 0 Å². The van der Waals surface area contributed by atoms with Gasteiger partial charge in [0, 0.05) is 18.1 Å². The molecule has 2 aromatic carbocycles. The third-order valence-corrected chi connectivity index (χ3v) is 7.47. The zero-order valence-electron chi connectivity index (χ0n) is 22.7. The van der Waals surface area contributed by atoms with Gasteiger partial charge in [0.15, 0.2) is 16.9 Å². The number of carbonyl (C=O) groups is 1. The maximum Gasteiger partial charge on any atom is 0.290 e. The van der Waals surface area contributed by atoms with Crippen LogP contribution in [0.2, 0.25) is 5.02 Å². The number of methoxy groups -OCH3 is 1. The molecule has 1 aromatic heterocycles. The highest BCUT2D eigenvalue weighted by Gasteiger charge is 2.43. The Morgan fingerprint density at radius 3 is 2.50 bits per heavy atom. The molecule has 1 aliphatic rings. The molecule has 0 N–H and O–H groups in total. The lowest BCUT2D eigenvalue weighted by molar-refractivity contribution is 0.0708. The Balaban J connectivity index is 1.75. The average molecular weight is 541 g/mol. The maximum atomic E-state index is 13.8. The zero-order valence-corrected chi connectivity index (χ0v) is 23.5.